The fraction of sp³-hybridized carbons (Fsp3) is 0.643. The first-order chi connectivity index (χ1) is 9.29. The van der Waals surface area contributed by atoms with Crippen molar-refractivity contribution in [1.29, 1.82) is 0 Å². The summed E-state index contributed by atoms with van der Waals surface area (Å²) in [6.45, 7) is 6.30. The van der Waals surface area contributed by atoms with Crippen molar-refractivity contribution in [2.24, 2.45) is 5.92 Å². The van der Waals surface area contributed by atoms with Gasteiger partial charge in [0.25, 0.3) is 0 Å². The van der Waals surface area contributed by atoms with Gasteiger partial charge >= 0.3 is 0 Å². The first-order valence-corrected chi connectivity index (χ1v) is 7.64. The normalized spacial score (nSPS) is 18.7. The molecule has 0 radical (unpaired) electrons. The summed E-state index contributed by atoms with van der Waals surface area (Å²) in [5.74, 6) is 1.24. The number of pyridine rings is 1. The van der Waals surface area contributed by atoms with Crippen molar-refractivity contribution in [2.45, 2.75) is 26.3 Å². The second-order valence-corrected chi connectivity index (χ2v) is 5.75. The predicted octanol–water partition coefficient (Wildman–Crippen LogP) is 2.76. The van der Waals surface area contributed by atoms with Crippen molar-refractivity contribution in [3.63, 3.8) is 0 Å². The molecule has 1 aromatic heterocycles. The largest absolute Gasteiger partial charge is 0.477 e. The van der Waals surface area contributed by atoms with Crippen LogP contribution in [-0.4, -0.2) is 31.3 Å². The first kappa shape index (κ1) is 14.8. The van der Waals surface area contributed by atoms with Gasteiger partial charge in [-0.25, -0.2) is 4.98 Å². The van der Waals surface area contributed by atoms with Gasteiger partial charge < -0.3 is 14.8 Å². The van der Waals surface area contributed by atoms with E-state index in [1.165, 1.54) is 0 Å². The van der Waals surface area contributed by atoms with Gasteiger partial charge in [-0.1, -0.05) is 6.92 Å². The molecule has 1 saturated heterocycles. The molecule has 0 saturated carbocycles. The summed E-state index contributed by atoms with van der Waals surface area (Å²) in [5.41, 5.74) is 1.10. The minimum absolute atomic E-state index is 0.502. The second kappa shape index (κ2) is 7.82. The standard InChI is InChI=1S/C14H21BrN2O2/c1-2-4-16-7-12-6-13(15)8-17-14(12)19-10-11-3-5-18-9-11/h6,8,11,16H,2-5,7,9-10H2,1H3. The molecule has 1 unspecified atom stereocenters. The molecule has 1 N–H and O–H groups in total. The second-order valence-electron chi connectivity index (χ2n) is 4.84. The van der Waals surface area contributed by atoms with E-state index in [0.717, 1.165) is 55.1 Å². The molecule has 1 aliphatic heterocycles. The molecular weight excluding hydrogens is 308 g/mol. The topological polar surface area (TPSA) is 43.4 Å². The highest BCUT2D eigenvalue weighted by molar-refractivity contribution is 9.10. The van der Waals surface area contributed by atoms with Crippen LogP contribution in [0.15, 0.2) is 16.7 Å². The van der Waals surface area contributed by atoms with Crippen molar-refractivity contribution in [2.75, 3.05) is 26.4 Å². The molecule has 4 nitrogen and oxygen atoms in total. The summed E-state index contributed by atoms with van der Waals surface area (Å²) < 4.78 is 12.2. The molecule has 0 bridgehead atoms. The smallest absolute Gasteiger partial charge is 0.217 e. The molecule has 0 amide bonds. The minimum Gasteiger partial charge on any atom is -0.477 e. The van der Waals surface area contributed by atoms with Crippen LogP contribution in [0.1, 0.15) is 25.3 Å². The highest BCUT2D eigenvalue weighted by atomic mass is 79.9. The molecule has 2 heterocycles. The molecule has 106 valence electrons. The molecule has 0 spiro atoms. The number of aromatic nitrogens is 1. The van der Waals surface area contributed by atoms with Crippen molar-refractivity contribution < 1.29 is 9.47 Å². The average Bonchev–Trinajstić information content (AvgIpc) is 2.91. The number of nitrogens with one attached hydrogen (secondary N) is 1. The third-order valence-corrected chi connectivity index (χ3v) is 3.55. The van der Waals surface area contributed by atoms with E-state index in [-0.39, 0.29) is 0 Å². The Morgan fingerprint density at radius 2 is 2.47 bits per heavy atom. The summed E-state index contributed by atoms with van der Waals surface area (Å²) in [6, 6.07) is 2.07. The SMILES string of the molecule is CCCNCc1cc(Br)cnc1OCC1CCOC1. The average molecular weight is 329 g/mol. The minimum atomic E-state index is 0.502. The Bertz CT molecular complexity index is 395. The number of nitrogens with zero attached hydrogens (tertiary/aromatic N) is 1. The molecule has 0 aliphatic carbocycles. The Kier molecular flexibility index (Phi) is 6.07. The van der Waals surface area contributed by atoms with Gasteiger partial charge in [0.1, 0.15) is 0 Å². The van der Waals surface area contributed by atoms with E-state index in [4.69, 9.17) is 9.47 Å². The summed E-state index contributed by atoms with van der Waals surface area (Å²) in [4.78, 5) is 4.37. The summed E-state index contributed by atoms with van der Waals surface area (Å²) in [6.07, 6.45) is 3.99. The van der Waals surface area contributed by atoms with E-state index < -0.39 is 0 Å². The summed E-state index contributed by atoms with van der Waals surface area (Å²) in [5, 5.41) is 3.38. The molecule has 0 aromatic carbocycles. The quantitative estimate of drug-likeness (QED) is 0.781. The molecule has 19 heavy (non-hydrogen) atoms. The van der Waals surface area contributed by atoms with Gasteiger partial charge in [-0.15, -0.1) is 0 Å². The highest BCUT2D eigenvalue weighted by Gasteiger charge is 2.17. The Balaban J connectivity index is 1.92. The Morgan fingerprint density at radius 3 is 3.21 bits per heavy atom. The Hall–Kier alpha value is -0.650. The molecule has 5 heteroatoms. The van der Waals surface area contributed by atoms with Crippen molar-refractivity contribution >= 4 is 15.9 Å². The number of halogens is 1. The van der Waals surface area contributed by atoms with Gasteiger partial charge in [0.15, 0.2) is 0 Å². The Morgan fingerprint density at radius 1 is 1.58 bits per heavy atom. The Labute approximate surface area is 123 Å². The zero-order chi connectivity index (χ0) is 13.5. The number of rotatable bonds is 7. The lowest BCUT2D eigenvalue weighted by Gasteiger charge is -2.13. The van der Waals surface area contributed by atoms with Crippen LogP contribution in [0.5, 0.6) is 5.88 Å². The van der Waals surface area contributed by atoms with E-state index in [1.54, 1.807) is 6.20 Å². The van der Waals surface area contributed by atoms with Crippen LogP contribution in [0.3, 0.4) is 0 Å². The fourth-order valence-corrected chi connectivity index (χ4v) is 2.42. The maximum atomic E-state index is 5.85. The lowest BCUT2D eigenvalue weighted by Crippen LogP contribution is -2.17. The van der Waals surface area contributed by atoms with Gasteiger partial charge in [-0.3, -0.25) is 0 Å². The van der Waals surface area contributed by atoms with Crippen LogP contribution < -0.4 is 10.1 Å². The third kappa shape index (κ3) is 4.75. The molecule has 2 rings (SSSR count). The van der Waals surface area contributed by atoms with Gasteiger partial charge in [0.2, 0.25) is 5.88 Å². The van der Waals surface area contributed by atoms with Gasteiger partial charge in [-0.05, 0) is 41.4 Å². The third-order valence-electron chi connectivity index (χ3n) is 3.11. The first-order valence-electron chi connectivity index (χ1n) is 6.85. The van der Waals surface area contributed by atoms with E-state index in [0.29, 0.717) is 12.5 Å². The summed E-state index contributed by atoms with van der Waals surface area (Å²) in [7, 11) is 0. The van der Waals surface area contributed by atoms with E-state index in [9.17, 15) is 0 Å². The molecule has 1 aromatic rings. The maximum absolute atomic E-state index is 5.85. The molecular formula is C14H21BrN2O2. The van der Waals surface area contributed by atoms with Gasteiger partial charge in [-0.2, -0.15) is 0 Å². The van der Waals surface area contributed by atoms with Gasteiger partial charge in [0.05, 0.1) is 13.2 Å². The van der Waals surface area contributed by atoms with Crippen molar-refractivity contribution in [1.82, 2.24) is 10.3 Å². The number of ether oxygens (including phenoxy) is 2. The zero-order valence-electron chi connectivity index (χ0n) is 11.3. The summed E-state index contributed by atoms with van der Waals surface area (Å²) >= 11 is 3.46. The number of hydrogen-bond donors (Lipinski definition) is 1. The lowest BCUT2D eigenvalue weighted by molar-refractivity contribution is 0.165. The zero-order valence-corrected chi connectivity index (χ0v) is 12.9. The van der Waals surface area contributed by atoms with Crippen LogP contribution in [-0.2, 0) is 11.3 Å². The molecule has 1 atom stereocenters. The van der Waals surface area contributed by atoms with E-state index in [2.05, 4.69) is 39.2 Å². The van der Waals surface area contributed by atoms with Gasteiger partial charge in [0, 0.05) is 35.3 Å². The predicted molar refractivity (Wildman–Crippen MR) is 78.4 cm³/mol. The van der Waals surface area contributed by atoms with Crippen LogP contribution in [0.2, 0.25) is 0 Å². The molecule has 1 fully saturated rings. The lowest BCUT2D eigenvalue weighted by atomic mass is 10.1. The van der Waals surface area contributed by atoms with E-state index >= 15 is 0 Å². The van der Waals surface area contributed by atoms with Crippen LogP contribution >= 0.6 is 15.9 Å². The van der Waals surface area contributed by atoms with Crippen LogP contribution in [0.4, 0.5) is 0 Å². The highest BCUT2D eigenvalue weighted by Crippen LogP contribution is 2.21. The van der Waals surface area contributed by atoms with Crippen LogP contribution in [0, 0.1) is 5.92 Å². The van der Waals surface area contributed by atoms with E-state index in [1.807, 2.05) is 0 Å². The number of hydrogen-bond acceptors (Lipinski definition) is 4. The van der Waals surface area contributed by atoms with Crippen LogP contribution in [0.25, 0.3) is 0 Å². The van der Waals surface area contributed by atoms with Crippen molar-refractivity contribution in [3.05, 3.63) is 22.3 Å². The van der Waals surface area contributed by atoms with Crippen molar-refractivity contribution in [3.8, 4) is 5.88 Å². The monoisotopic (exact) mass is 328 g/mol. The molecule has 1 aliphatic rings. The fourth-order valence-electron chi connectivity index (χ4n) is 2.04. The maximum Gasteiger partial charge on any atom is 0.217 e.